The first kappa shape index (κ1) is 12.6. The maximum absolute atomic E-state index is 13.4. The lowest BCUT2D eigenvalue weighted by atomic mass is 10.1. The molecule has 1 aromatic rings. The number of rotatable bonds is 6. The second-order valence-corrected chi connectivity index (χ2v) is 3.32. The zero-order valence-electron chi connectivity index (χ0n) is 9.20. The van der Waals surface area contributed by atoms with Gasteiger partial charge in [0, 0.05) is 25.9 Å². The van der Waals surface area contributed by atoms with Crippen LogP contribution in [0, 0.1) is 17.1 Å². The zero-order valence-corrected chi connectivity index (χ0v) is 9.20. The van der Waals surface area contributed by atoms with Crippen molar-refractivity contribution in [2.75, 3.05) is 20.3 Å². The molecule has 0 N–H and O–H groups in total. The maximum Gasteiger partial charge on any atom is 0.130 e. The minimum Gasteiger partial charge on any atom is -0.385 e. The number of nitriles is 1. The molecule has 1 aromatic carbocycles. The highest BCUT2D eigenvalue weighted by Crippen LogP contribution is 2.11. The van der Waals surface area contributed by atoms with Crippen molar-refractivity contribution in [2.24, 2.45) is 0 Å². The molecule has 3 nitrogen and oxygen atoms in total. The van der Waals surface area contributed by atoms with Crippen molar-refractivity contribution < 1.29 is 13.9 Å². The van der Waals surface area contributed by atoms with Crippen molar-refractivity contribution in [3.05, 3.63) is 35.1 Å². The predicted molar refractivity (Wildman–Crippen MR) is 57.3 cm³/mol. The highest BCUT2D eigenvalue weighted by molar-refractivity contribution is 5.32. The second kappa shape index (κ2) is 6.94. The summed E-state index contributed by atoms with van der Waals surface area (Å²) in [4.78, 5) is 0. The summed E-state index contributed by atoms with van der Waals surface area (Å²) in [7, 11) is 1.63. The van der Waals surface area contributed by atoms with Gasteiger partial charge in [-0.3, -0.25) is 0 Å². The molecule has 0 fully saturated rings. The van der Waals surface area contributed by atoms with Gasteiger partial charge in [-0.1, -0.05) is 6.07 Å². The summed E-state index contributed by atoms with van der Waals surface area (Å²) in [5.41, 5.74) is 0.789. The van der Waals surface area contributed by atoms with E-state index in [0.29, 0.717) is 24.3 Å². The van der Waals surface area contributed by atoms with E-state index in [1.165, 1.54) is 6.07 Å². The summed E-state index contributed by atoms with van der Waals surface area (Å²) in [6.45, 7) is 1.39. The zero-order chi connectivity index (χ0) is 11.8. The molecule has 0 saturated carbocycles. The molecule has 0 spiro atoms. The average molecular weight is 223 g/mol. The molecule has 0 atom stereocenters. The number of methoxy groups -OCH3 is 1. The first-order valence-electron chi connectivity index (χ1n) is 5.03. The lowest BCUT2D eigenvalue weighted by Gasteiger charge is -2.05. The first-order valence-corrected chi connectivity index (χ1v) is 5.03. The molecule has 0 aromatic heterocycles. The third kappa shape index (κ3) is 3.97. The van der Waals surface area contributed by atoms with Gasteiger partial charge in [-0.15, -0.1) is 0 Å². The Morgan fingerprint density at radius 2 is 2.19 bits per heavy atom. The topological polar surface area (TPSA) is 42.2 Å². The van der Waals surface area contributed by atoms with Crippen LogP contribution in [0.1, 0.15) is 17.5 Å². The van der Waals surface area contributed by atoms with Crippen LogP contribution in [0.5, 0.6) is 0 Å². The van der Waals surface area contributed by atoms with Gasteiger partial charge in [-0.25, -0.2) is 4.39 Å². The van der Waals surface area contributed by atoms with Gasteiger partial charge in [0.05, 0.1) is 18.2 Å². The Bertz CT molecular complexity index is 374. The van der Waals surface area contributed by atoms with Crippen LogP contribution in [0.2, 0.25) is 0 Å². The van der Waals surface area contributed by atoms with E-state index >= 15 is 0 Å². The predicted octanol–water partition coefficient (Wildman–Crippen LogP) is 2.25. The monoisotopic (exact) mass is 223 g/mol. The van der Waals surface area contributed by atoms with Gasteiger partial charge in [0.2, 0.25) is 0 Å². The lowest BCUT2D eigenvalue weighted by molar-refractivity contribution is 0.0913. The Morgan fingerprint density at radius 3 is 2.81 bits per heavy atom. The van der Waals surface area contributed by atoms with E-state index in [-0.39, 0.29) is 6.61 Å². The fourth-order valence-electron chi connectivity index (χ4n) is 1.22. The third-order valence-corrected chi connectivity index (χ3v) is 2.08. The number of hydrogen-bond acceptors (Lipinski definition) is 3. The van der Waals surface area contributed by atoms with Crippen LogP contribution < -0.4 is 0 Å². The summed E-state index contributed by atoms with van der Waals surface area (Å²) in [5, 5.41) is 8.56. The van der Waals surface area contributed by atoms with E-state index in [0.717, 1.165) is 6.42 Å². The fraction of sp³-hybridized carbons (Fsp3) is 0.417. The van der Waals surface area contributed by atoms with Crippen molar-refractivity contribution in [3.63, 3.8) is 0 Å². The Morgan fingerprint density at radius 1 is 1.38 bits per heavy atom. The van der Waals surface area contributed by atoms with Gasteiger partial charge in [-0.05, 0) is 18.6 Å². The van der Waals surface area contributed by atoms with Crippen LogP contribution in [-0.2, 0) is 16.1 Å². The Hall–Kier alpha value is -1.44. The SMILES string of the molecule is COCCCOCc1ccc(C#N)cc1F. The average Bonchev–Trinajstić information content (AvgIpc) is 2.30. The van der Waals surface area contributed by atoms with Crippen molar-refractivity contribution in [1.82, 2.24) is 0 Å². The molecule has 0 aliphatic heterocycles. The molecule has 0 radical (unpaired) electrons. The minimum absolute atomic E-state index is 0.223. The van der Waals surface area contributed by atoms with Crippen LogP contribution in [0.15, 0.2) is 18.2 Å². The second-order valence-electron chi connectivity index (χ2n) is 3.32. The molecule has 0 amide bonds. The van der Waals surface area contributed by atoms with Crippen LogP contribution in [0.25, 0.3) is 0 Å². The Labute approximate surface area is 94.4 Å². The summed E-state index contributed by atoms with van der Waals surface area (Å²) in [5.74, 6) is -0.397. The van der Waals surface area contributed by atoms with Crippen LogP contribution in [0.3, 0.4) is 0 Å². The standard InChI is InChI=1S/C12H14FNO2/c1-15-5-2-6-16-9-11-4-3-10(8-14)7-12(11)13/h3-4,7H,2,5-6,9H2,1H3. The van der Waals surface area contributed by atoms with Gasteiger partial charge >= 0.3 is 0 Å². The number of ether oxygens (including phenoxy) is 2. The van der Waals surface area contributed by atoms with Crippen molar-refractivity contribution >= 4 is 0 Å². The van der Waals surface area contributed by atoms with Crippen molar-refractivity contribution in [1.29, 1.82) is 5.26 Å². The molecule has 0 unspecified atom stereocenters. The Balaban J connectivity index is 2.40. The molecule has 86 valence electrons. The van der Waals surface area contributed by atoms with E-state index in [1.807, 2.05) is 6.07 Å². The summed E-state index contributed by atoms with van der Waals surface area (Å²) in [6.07, 6.45) is 0.786. The van der Waals surface area contributed by atoms with Crippen molar-refractivity contribution in [3.8, 4) is 6.07 Å². The molecule has 0 heterocycles. The molecule has 0 saturated heterocycles. The van der Waals surface area contributed by atoms with E-state index in [9.17, 15) is 4.39 Å². The molecule has 1 rings (SSSR count). The molecular weight excluding hydrogens is 209 g/mol. The molecular formula is C12H14FNO2. The first-order chi connectivity index (χ1) is 7.77. The maximum atomic E-state index is 13.4. The smallest absolute Gasteiger partial charge is 0.130 e. The highest BCUT2D eigenvalue weighted by atomic mass is 19.1. The number of nitrogens with zero attached hydrogens (tertiary/aromatic N) is 1. The molecule has 4 heteroatoms. The van der Waals surface area contributed by atoms with Crippen LogP contribution in [-0.4, -0.2) is 20.3 Å². The van der Waals surface area contributed by atoms with E-state index < -0.39 is 5.82 Å². The largest absolute Gasteiger partial charge is 0.385 e. The van der Waals surface area contributed by atoms with E-state index in [1.54, 1.807) is 19.2 Å². The molecule has 0 bridgehead atoms. The van der Waals surface area contributed by atoms with Gasteiger partial charge in [0.1, 0.15) is 5.82 Å². The van der Waals surface area contributed by atoms with Gasteiger partial charge in [0.25, 0.3) is 0 Å². The van der Waals surface area contributed by atoms with E-state index in [2.05, 4.69) is 0 Å². The number of hydrogen-bond donors (Lipinski definition) is 0. The summed E-state index contributed by atoms with van der Waals surface area (Å²) in [6, 6.07) is 6.25. The van der Waals surface area contributed by atoms with Crippen LogP contribution >= 0.6 is 0 Å². The van der Waals surface area contributed by atoms with Crippen LogP contribution in [0.4, 0.5) is 4.39 Å². The van der Waals surface area contributed by atoms with Gasteiger partial charge in [-0.2, -0.15) is 5.26 Å². The Kier molecular flexibility index (Phi) is 5.48. The quantitative estimate of drug-likeness (QED) is 0.694. The lowest BCUT2D eigenvalue weighted by Crippen LogP contribution is -2.01. The van der Waals surface area contributed by atoms with Crippen molar-refractivity contribution in [2.45, 2.75) is 13.0 Å². The normalized spacial score (nSPS) is 10.1. The summed E-state index contributed by atoms with van der Waals surface area (Å²) >= 11 is 0. The summed E-state index contributed by atoms with van der Waals surface area (Å²) < 4.78 is 23.5. The van der Waals surface area contributed by atoms with Gasteiger partial charge in [0.15, 0.2) is 0 Å². The number of halogens is 1. The number of benzene rings is 1. The third-order valence-electron chi connectivity index (χ3n) is 2.08. The molecule has 0 aliphatic carbocycles. The molecule has 16 heavy (non-hydrogen) atoms. The fourth-order valence-corrected chi connectivity index (χ4v) is 1.22. The van der Waals surface area contributed by atoms with E-state index in [4.69, 9.17) is 14.7 Å². The highest BCUT2D eigenvalue weighted by Gasteiger charge is 2.03. The minimum atomic E-state index is -0.397. The molecule has 0 aliphatic rings. The van der Waals surface area contributed by atoms with Gasteiger partial charge < -0.3 is 9.47 Å².